The zero-order valence-corrected chi connectivity index (χ0v) is 21.4. The maximum absolute atomic E-state index is 13.2. The highest BCUT2D eigenvalue weighted by Gasteiger charge is 2.32. The van der Waals surface area contributed by atoms with Gasteiger partial charge in [-0.2, -0.15) is 13.2 Å². The monoisotopic (exact) mass is 539 g/mol. The molecule has 3 N–H and O–H groups in total. The molecule has 1 unspecified atom stereocenters. The van der Waals surface area contributed by atoms with Crippen molar-refractivity contribution in [3.63, 3.8) is 0 Å². The molecule has 0 saturated heterocycles. The first-order chi connectivity index (χ1) is 18.1. The van der Waals surface area contributed by atoms with E-state index in [1.54, 1.807) is 24.3 Å². The molecule has 38 heavy (non-hydrogen) atoms. The van der Waals surface area contributed by atoms with E-state index in [9.17, 15) is 27.9 Å². The molecule has 0 fully saturated rings. The van der Waals surface area contributed by atoms with E-state index in [4.69, 9.17) is 5.73 Å². The average Bonchev–Trinajstić information content (AvgIpc) is 2.88. The number of allylic oxidation sites excluding steroid dienone is 2. The van der Waals surface area contributed by atoms with Gasteiger partial charge in [-0.1, -0.05) is 54.6 Å². The van der Waals surface area contributed by atoms with Crippen LogP contribution in [0.4, 0.5) is 13.2 Å². The fourth-order valence-corrected chi connectivity index (χ4v) is 5.66. The largest absolute Gasteiger partial charge is 0.512 e. The average molecular weight is 540 g/mol. The molecular weight excluding hydrogens is 511 g/mol. The minimum atomic E-state index is -4.37. The number of carbonyl (C=O) groups is 2. The highest BCUT2D eigenvalue weighted by molar-refractivity contribution is 7.99. The van der Waals surface area contributed by atoms with Crippen LogP contribution < -0.4 is 5.73 Å². The lowest BCUT2D eigenvalue weighted by atomic mass is 9.81. The fraction of sp³-hybridized carbons (Fsp3) is 0.267. The van der Waals surface area contributed by atoms with Crippen molar-refractivity contribution in [3.8, 4) is 0 Å². The quantitative estimate of drug-likeness (QED) is 0.229. The first-order valence-electron chi connectivity index (χ1n) is 12.3. The van der Waals surface area contributed by atoms with Crippen LogP contribution in [0.15, 0.2) is 89.5 Å². The van der Waals surface area contributed by atoms with E-state index in [0.717, 1.165) is 17.7 Å². The van der Waals surface area contributed by atoms with Gasteiger partial charge in [0.1, 0.15) is 5.76 Å². The molecule has 1 aliphatic carbocycles. The Morgan fingerprint density at radius 2 is 1.63 bits per heavy atom. The third-order valence-electron chi connectivity index (χ3n) is 6.60. The second-order valence-electron chi connectivity index (χ2n) is 9.38. The van der Waals surface area contributed by atoms with Crippen LogP contribution >= 0.6 is 11.8 Å². The summed E-state index contributed by atoms with van der Waals surface area (Å²) in [4.78, 5) is 27.1. The lowest BCUT2D eigenvalue weighted by Crippen LogP contribution is -2.33. The lowest BCUT2D eigenvalue weighted by molar-refractivity contribution is -0.137. The number of aliphatic hydroxyl groups is 1. The van der Waals surface area contributed by atoms with E-state index in [2.05, 4.69) is 0 Å². The Morgan fingerprint density at radius 1 is 0.974 bits per heavy atom. The van der Waals surface area contributed by atoms with Gasteiger partial charge in [-0.15, -0.1) is 11.8 Å². The van der Waals surface area contributed by atoms with E-state index >= 15 is 0 Å². The first kappa shape index (κ1) is 27.7. The van der Waals surface area contributed by atoms with Crippen molar-refractivity contribution in [2.45, 2.75) is 42.8 Å². The summed E-state index contributed by atoms with van der Waals surface area (Å²) >= 11 is 1.41. The maximum Gasteiger partial charge on any atom is 0.416 e. The standard InChI is InChI=1S/C30H28F3NO3S/c31-30(32,33)21-10-12-22(13-11-21)38-15-14-20-17-26(35)28(27(36)18-20)23-8-4-5-9-24(23)29(37)25(34)16-19-6-2-1-3-7-19/h1-13,20,25,35H,14-18,34H2/t20?,25-/m0/s1. The Morgan fingerprint density at radius 3 is 2.29 bits per heavy atom. The van der Waals surface area contributed by atoms with Crippen LogP contribution in [0.1, 0.15) is 46.3 Å². The van der Waals surface area contributed by atoms with Gasteiger partial charge < -0.3 is 10.8 Å². The van der Waals surface area contributed by atoms with Crippen molar-refractivity contribution >= 4 is 28.9 Å². The number of aliphatic hydroxyl groups excluding tert-OH is 1. The molecule has 0 bridgehead atoms. The van der Waals surface area contributed by atoms with E-state index in [-0.39, 0.29) is 41.7 Å². The molecule has 0 aliphatic heterocycles. The first-order valence-corrected chi connectivity index (χ1v) is 13.3. The molecule has 1 aliphatic rings. The molecule has 0 radical (unpaired) electrons. The normalized spacial score (nSPS) is 16.9. The fourth-order valence-electron chi connectivity index (χ4n) is 4.64. The third-order valence-corrected chi connectivity index (χ3v) is 7.64. The predicted molar refractivity (Wildman–Crippen MR) is 143 cm³/mol. The molecule has 2 atom stereocenters. The number of alkyl halides is 3. The number of hydrogen-bond acceptors (Lipinski definition) is 5. The minimum absolute atomic E-state index is 0.0531. The summed E-state index contributed by atoms with van der Waals surface area (Å²) in [5, 5.41) is 10.9. The molecule has 3 aromatic rings. The summed E-state index contributed by atoms with van der Waals surface area (Å²) in [5.74, 6) is -0.100. The molecule has 0 spiro atoms. The SMILES string of the molecule is N[C@@H](Cc1ccccc1)C(=O)c1ccccc1C1=C(O)CC(CCSc2ccc(C(F)(F)F)cc2)CC1=O. The molecule has 0 aromatic heterocycles. The molecule has 4 nitrogen and oxygen atoms in total. The Labute approximate surface area is 223 Å². The summed E-state index contributed by atoms with van der Waals surface area (Å²) in [6.07, 6.45) is -2.91. The Balaban J connectivity index is 1.42. The van der Waals surface area contributed by atoms with Crippen molar-refractivity contribution < 1.29 is 27.9 Å². The number of rotatable bonds is 9. The second-order valence-corrected chi connectivity index (χ2v) is 10.6. The van der Waals surface area contributed by atoms with E-state index in [1.165, 1.54) is 23.9 Å². The number of hydrogen-bond donors (Lipinski definition) is 2. The van der Waals surface area contributed by atoms with Crippen LogP contribution in [-0.4, -0.2) is 28.5 Å². The summed E-state index contributed by atoms with van der Waals surface area (Å²) in [6.45, 7) is 0. The van der Waals surface area contributed by atoms with E-state index in [0.29, 0.717) is 34.6 Å². The van der Waals surface area contributed by atoms with E-state index < -0.39 is 17.8 Å². The second kappa shape index (κ2) is 12.0. The molecular formula is C30H28F3NO3S. The van der Waals surface area contributed by atoms with Crippen LogP contribution in [0.25, 0.3) is 5.57 Å². The number of nitrogens with two attached hydrogens (primary N) is 1. The zero-order chi connectivity index (χ0) is 27.3. The number of benzene rings is 3. The van der Waals surface area contributed by atoms with Gasteiger partial charge in [-0.3, -0.25) is 9.59 Å². The molecule has 198 valence electrons. The van der Waals surface area contributed by atoms with E-state index in [1.807, 2.05) is 30.3 Å². The number of ketones is 2. The smallest absolute Gasteiger partial charge is 0.416 e. The summed E-state index contributed by atoms with van der Waals surface area (Å²) < 4.78 is 38.2. The van der Waals surface area contributed by atoms with Crippen molar-refractivity contribution in [1.29, 1.82) is 0 Å². The molecule has 4 rings (SSSR count). The zero-order valence-electron chi connectivity index (χ0n) is 20.6. The van der Waals surface area contributed by atoms with Crippen molar-refractivity contribution in [3.05, 3.63) is 107 Å². The van der Waals surface area contributed by atoms with Gasteiger partial charge in [0.05, 0.1) is 17.2 Å². The van der Waals surface area contributed by atoms with Crippen molar-refractivity contribution in [1.82, 2.24) is 0 Å². The Hall–Kier alpha value is -3.36. The molecule has 0 saturated carbocycles. The summed E-state index contributed by atoms with van der Waals surface area (Å²) in [5.41, 5.74) is 7.33. The molecule has 0 amide bonds. The van der Waals surface area contributed by atoms with Gasteiger partial charge in [0.2, 0.25) is 0 Å². The van der Waals surface area contributed by atoms with Gasteiger partial charge in [0.25, 0.3) is 0 Å². The van der Waals surface area contributed by atoms with Crippen LogP contribution in [0, 0.1) is 5.92 Å². The minimum Gasteiger partial charge on any atom is -0.512 e. The maximum atomic E-state index is 13.2. The van der Waals surface area contributed by atoms with Crippen LogP contribution in [0.3, 0.4) is 0 Å². The number of thioether (sulfide) groups is 1. The van der Waals surface area contributed by atoms with Gasteiger partial charge >= 0.3 is 6.18 Å². The summed E-state index contributed by atoms with van der Waals surface area (Å²) in [6, 6.07) is 20.3. The Bertz CT molecular complexity index is 1320. The predicted octanol–water partition coefficient (Wildman–Crippen LogP) is 6.89. The highest BCUT2D eigenvalue weighted by atomic mass is 32.2. The Kier molecular flexibility index (Phi) is 8.74. The van der Waals surface area contributed by atoms with Crippen LogP contribution in [0.2, 0.25) is 0 Å². The van der Waals surface area contributed by atoms with Crippen LogP contribution in [-0.2, 0) is 17.4 Å². The molecule has 0 heterocycles. The van der Waals surface area contributed by atoms with Gasteiger partial charge in [0, 0.05) is 23.3 Å². The third kappa shape index (κ3) is 6.74. The highest BCUT2D eigenvalue weighted by Crippen LogP contribution is 2.36. The number of halogens is 3. The lowest BCUT2D eigenvalue weighted by Gasteiger charge is -2.25. The van der Waals surface area contributed by atoms with Crippen molar-refractivity contribution in [2.75, 3.05) is 5.75 Å². The summed E-state index contributed by atoms with van der Waals surface area (Å²) in [7, 11) is 0. The van der Waals surface area contributed by atoms with Crippen LogP contribution in [0.5, 0.6) is 0 Å². The van der Waals surface area contributed by atoms with Gasteiger partial charge in [-0.05, 0) is 59.9 Å². The van der Waals surface area contributed by atoms with Gasteiger partial charge in [0.15, 0.2) is 11.6 Å². The number of carbonyl (C=O) groups excluding carboxylic acids is 2. The van der Waals surface area contributed by atoms with Crippen molar-refractivity contribution in [2.24, 2.45) is 11.7 Å². The topological polar surface area (TPSA) is 80.4 Å². The molecule has 3 aromatic carbocycles. The number of Topliss-reactive ketones (excluding diaryl/α,β-unsaturated/α-hetero) is 2. The van der Waals surface area contributed by atoms with Gasteiger partial charge in [-0.25, -0.2) is 0 Å². The molecule has 8 heteroatoms.